The number of ether oxygens (including phenoxy) is 1. The zero-order valence-electron chi connectivity index (χ0n) is 30.9. The van der Waals surface area contributed by atoms with E-state index in [2.05, 4.69) is 38.2 Å². The summed E-state index contributed by atoms with van der Waals surface area (Å²) in [4.78, 5) is 22.8. The number of carboxylic acid groups (broad SMARTS) is 1. The highest BCUT2D eigenvalue weighted by molar-refractivity contribution is 5.69. The Kier molecular flexibility index (Phi) is 36.6. The highest BCUT2D eigenvalue weighted by atomic mass is 16.5. The molecular weight excluding hydrogens is 568 g/mol. The lowest BCUT2D eigenvalue weighted by molar-refractivity contribution is -0.149. The fourth-order valence-corrected chi connectivity index (χ4v) is 6.15. The molecule has 0 bridgehead atoms. The summed E-state index contributed by atoms with van der Waals surface area (Å²) in [7, 11) is 0. The molecule has 0 fully saturated rings. The van der Waals surface area contributed by atoms with Crippen LogP contribution in [0.1, 0.15) is 226 Å². The third-order valence-corrected chi connectivity index (χ3v) is 9.25. The van der Waals surface area contributed by atoms with Gasteiger partial charge in [0.2, 0.25) is 0 Å². The van der Waals surface area contributed by atoms with Crippen LogP contribution in [0.3, 0.4) is 0 Å². The van der Waals surface area contributed by atoms with E-state index >= 15 is 0 Å². The van der Waals surface area contributed by atoms with Gasteiger partial charge in [-0.1, -0.05) is 173 Å². The molecule has 0 rings (SSSR count). The van der Waals surface area contributed by atoms with Crippen molar-refractivity contribution in [2.45, 2.75) is 232 Å². The van der Waals surface area contributed by atoms with Crippen LogP contribution in [-0.2, 0) is 14.3 Å². The molecule has 0 aliphatic heterocycles. The van der Waals surface area contributed by atoms with E-state index in [4.69, 9.17) is 9.84 Å². The highest BCUT2D eigenvalue weighted by Crippen LogP contribution is 2.17. The third kappa shape index (κ3) is 36.9. The minimum Gasteiger partial charge on any atom is -0.481 e. The highest BCUT2D eigenvalue weighted by Gasteiger charge is 2.12. The van der Waals surface area contributed by atoms with E-state index in [1.807, 2.05) is 0 Å². The van der Waals surface area contributed by atoms with Crippen LogP contribution in [0.4, 0.5) is 0 Å². The van der Waals surface area contributed by atoms with Gasteiger partial charge in [0.15, 0.2) is 0 Å². The molecule has 1 unspecified atom stereocenters. The van der Waals surface area contributed by atoms with Gasteiger partial charge in [-0.15, -0.1) is 0 Å². The van der Waals surface area contributed by atoms with Gasteiger partial charge in [-0.3, -0.25) is 9.59 Å². The van der Waals surface area contributed by atoms with E-state index < -0.39 is 5.97 Å². The van der Waals surface area contributed by atoms with Gasteiger partial charge in [0.25, 0.3) is 0 Å². The molecule has 0 aromatic heterocycles. The number of esters is 1. The Balaban J connectivity index is 3.41. The van der Waals surface area contributed by atoms with Gasteiger partial charge >= 0.3 is 11.9 Å². The molecule has 46 heavy (non-hydrogen) atoms. The lowest BCUT2D eigenvalue weighted by Gasteiger charge is -2.16. The largest absolute Gasteiger partial charge is 0.481 e. The van der Waals surface area contributed by atoms with E-state index in [1.54, 1.807) is 0 Å². The van der Waals surface area contributed by atoms with Crippen LogP contribution >= 0.6 is 0 Å². The van der Waals surface area contributed by atoms with Crippen molar-refractivity contribution < 1.29 is 19.4 Å². The van der Waals surface area contributed by atoms with Crippen molar-refractivity contribution >= 4 is 11.9 Å². The molecule has 270 valence electrons. The molecule has 4 heteroatoms. The molecule has 0 spiro atoms. The number of carbonyl (C=O) groups is 2. The average Bonchev–Trinajstić information content (AvgIpc) is 3.04. The van der Waals surface area contributed by atoms with Crippen LogP contribution in [-0.4, -0.2) is 23.1 Å². The van der Waals surface area contributed by atoms with Crippen molar-refractivity contribution in [1.82, 2.24) is 0 Å². The Morgan fingerprint density at radius 3 is 1.33 bits per heavy atom. The lowest BCUT2D eigenvalue weighted by Crippen LogP contribution is -2.17. The van der Waals surface area contributed by atoms with Crippen LogP contribution < -0.4 is 0 Å². The molecule has 0 saturated heterocycles. The second kappa shape index (κ2) is 37.9. The fourth-order valence-electron chi connectivity index (χ4n) is 6.15. The minimum atomic E-state index is -0.671. The summed E-state index contributed by atoms with van der Waals surface area (Å²) in [6.07, 6.45) is 48.6. The maximum atomic E-state index is 12.3. The number of aliphatic carboxylic acids is 1. The van der Waals surface area contributed by atoms with Crippen LogP contribution in [0.2, 0.25) is 0 Å². The molecule has 4 nitrogen and oxygen atoms in total. The molecule has 0 aliphatic carbocycles. The topological polar surface area (TPSA) is 63.6 Å². The Morgan fingerprint density at radius 2 is 0.891 bits per heavy atom. The zero-order chi connectivity index (χ0) is 33.6. The van der Waals surface area contributed by atoms with E-state index in [-0.39, 0.29) is 12.1 Å². The number of carboxylic acids is 1. The van der Waals surface area contributed by atoms with E-state index in [9.17, 15) is 9.59 Å². The van der Waals surface area contributed by atoms with Crippen LogP contribution in [0, 0.1) is 0 Å². The molecule has 0 aromatic carbocycles. The molecule has 0 radical (unpaired) electrons. The van der Waals surface area contributed by atoms with Gasteiger partial charge in [-0.25, -0.2) is 0 Å². The standard InChI is InChI=1S/C42H78O4/c1-3-5-6-7-8-9-10-11-12-13-14-15-16-17-18-19-24-27-30-33-36-39-42(45)46-40(4-2)37-34-31-28-25-22-20-21-23-26-29-32-35-38-41(43)44/h8-9,11-12,40H,3-7,10,13-39H2,1-2H3,(H,43,44)/b9-8-,12-11-. The Morgan fingerprint density at radius 1 is 0.500 bits per heavy atom. The van der Waals surface area contributed by atoms with Crippen LogP contribution in [0.15, 0.2) is 24.3 Å². The molecule has 1 N–H and O–H groups in total. The second-order valence-electron chi connectivity index (χ2n) is 13.8. The molecule has 0 saturated carbocycles. The normalized spacial score (nSPS) is 12.4. The number of allylic oxidation sites excluding steroid dienone is 4. The third-order valence-electron chi connectivity index (χ3n) is 9.25. The van der Waals surface area contributed by atoms with Crippen molar-refractivity contribution in [2.24, 2.45) is 0 Å². The summed E-state index contributed by atoms with van der Waals surface area (Å²) in [5, 5.41) is 8.66. The van der Waals surface area contributed by atoms with Crippen molar-refractivity contribution in [3.05, 3.63) is 24.3 Å². The molecule has 0 aromatic rings. The number of carbonyl (C=O) groups excluding carboxylic acids is 1. The van der Waals surface area contributed by atoms with Gasteiger partial charge in [0.05, 0.1) is 0 Å². The molecule has 0 amide bonds. The fraction of sp³-hybridized carbons (Fsp3) is 0.857. The Bertz CT molecular complexity index is 698. The van der Waals surface area contributed by atoms with Crippen molar-refractivity contribution in [2.75, 3.05) is 0 Å². The van der Waals surface area contributed by atoms with E-state index in [0.29, 0.717) is 12.8 Å². The molecular formula is C42H78O4. The first kappa shape index (κ1) is 44.4. The maximum absolute atomic E-state index is 12.3. The van der Waals surface area contributed by atoms with Crippen LogP contribution in [0.25, 0.3) is 0 Å². The summed E-state index contributed by atoms with van der Waals surface area (Å²) in [6.45, 7) is 4.40. The first-order valence-corrected chi connectivity index (χ1v) is 20.3. The van der Waals surface area contributed by atoms with Crippen molar-refractivity contribution in [1.29, 1.82) is 0 Å². The predicted molar refractivity (Wildman–Crippen MR) is 200 cm³/mol. The summed E-state index contributed by atoms with van der Waals surface area (Å²) < 4.78 is 5.79. The van der Waals surface area contributed by atoms with Gasteiger partial charge in [0.1, 0.15) is 6.10 Å². The Labute approximate surface area is 287 Å². The summed E-state index contributed by atoms with van der Waals surface area (Å²) in [5.41, 5.74) is 0. The van der Waals surface area contributed by atoms with Gasteiger partial charge in [-0.05, 0) is 64.2 Å². The monoisotopic (exact) mass is 647 g/mol. The minimum absolute atomic E-state index is 0.0128. The second-order valence-corrected chi connectivity index (χ2v) is 13.8. The maximum Gasteiger partial charge on any atom is 0.306 e. The van der Waals surface area contributed by atoms with Crippen molar-refractivity contribution in [3.8, 4) is 0 Å². The van der Waals surface area contributed by atoms with Crippen molar-refractivity contribution in [3.63, 3.8) is 0 Å². The number of hydrogen-bond donors (Lipinski definition) is 1. The van der Waals surface area contributed by atoms with Gasteiger partial charge < -0.3 is 9.84 Å². The van der Waals surface area contributed by atoms with E-state index in [0.717, 1.165) is 51.4 Å². The smallest absolute Gasteiger partial charge is 0.306 e. The zero-order valence-corrected chi connectivity index (χ0v) is 30.9. The van der Waals surface area contributed by atoms with Crippen LogP contribution in [0.5, 0.6) is 0 Å². The van der Waals surface area contributed by atoms with Gasteiger partial charge in [0, 0.05) is 12.8 Å². The molecule has 0 aliphatic rings. The summed E-state index contributed by atoms with van der Waals surface area (Å²) in [5.74, 6) is -0.658. The predicted octanol–water partition coefficient (Wildman–Crippen LogP) is 14.0. The summed E-state index contributed by atoms with van der Waals surface area (Å²) in [6, 6.07) is 0. The number of rotatable bonds is 37. The SMILES string of the molecule is CCCCC/C=C\C/C=C\CCCCCCCCCCCCCC(=O)OC(CC)CCCCCCCCCCCCCCC(=O)O. The number of hydrogen-bond acceptors (Lipinski definition) is 3. The lowest BCUT2D eigenvalue weighted by atomic mass is 10.0. The summed E-state index contributed by atoms with van der Waals surface area (Å²) >= 11 is 0. The first-order valence-electron chi connectivity index (χ1n) is 20.3. The molecule has 1 atom stereocenters. The van der Waals surface area contributed by atoms with E-state index in [1.165, 1.54) is 148 Å². The molecule has 0 heterocycles. The quantitative estimate of drug-likeness (QED) is 0.0414. The number of unbranched alkanes of at least 4 members (excludes halogenated alkanes) is 25. The first-order chi connectivity index (χ1) is 22.6. The Hall–Kier alpha value is -1.58. The van der Waals surface area contributed by atoms with Gasteiger partial charge in [-0.2, -0.15) is 0 Å². The average molecular weight is 647 g/mol.